The fraction of sp³-hybridized carbons (Fsp3) is 0.300. The predicted molar refractivity (Wildman–Crippen MR) is 55.9 cm³/mol. The Bertz CT molecular complexity index is 363. The van der Waals surface area contributed by atoms with E-state index >= 15 is 0 Å². The van der Waals surface area contributed by atoms with Gasteiger partial charge in [-0.05, 0) is 24.1 Å². The van der Waals surface area contributed by atoms with Crippen LogP contribution < -0.4 is 10.5 Å². The van der Waals surface area contributed by atoms with E-state index in [9.17, 15) is 4.79 Å². The van der Waals surface area contributed by atoms with Gasteiger partial charge in [-0.2, -0.15) is 0 Å². The summed E-state index contributed by atoms with van der Waals surface area (Å²) < 4.78 is 5.00. The van der Waals surface area contributed by atoms with Gasteiger partial charge in [-0.1, -0.05) is 18.5 Å². The standard InChI is InChI=1S/C10H12ClNO2/c1-3-6-4-8(11)9(14-2)5-7(6)10(12)13/h4-5H,3H2,1-2H3,(H2,12,13). The molecule has 76 valence electrons. The maximum atomic E-state index is 11.1. The molecule has 1 rings (SSSR count). The second-order valence-corrected chi connectivity index (χ2v) is 3.27. The number of hydrogen-bond donors (Lipinski definition) is 1. The number of carbonyl (C=O) groups excluding carboxylic acids is 1. The molecule has 1 amide bonds. The SMILES string of the molecule is CCc1cc(Cl)c(OC)cc1C(N)=O. The number of nitrogens with two attached hydrogens (primary N) is 1. The van der Waals surface area contributed by atoms with Crippen LogP contribution in [0.5, 0.6) is 5.75 Å². The van der Waals surface area contributed by atoms with Crippen LogP contribution in [0.25, 0.3) is 0 Å². The van der Waals surface area contributed by atoms with E-state index < -0.39 is 5.91 Å². The molecule has 0 atom stereocenters. The van der Waals surface area contributed by atoms with Crippen molar-refractivity contribution in [1.82, 2.24) is 0 Å². The van der Waals surface area contributed by atoms with Crippen molar-refractivity contribution in [2.75, 3.05) is 7.11 Å². The minimum atomic E-state index is -0.461. The first-order valence-electron chi connectivity index (χ1n) is 4.26. The Morgan fingerprint density at radius 1 is 1.57 bits per heavy atom. The summed E-state index contributed by atoms with van der Waals surface area (Å²) >= 11 is 5.91. The average molecular weight is 214 g/mol. The summed E-state index contributed by atoms with van der Waals surface area (Å²) in [4.78, 5) is 11.1. The zero-order chi connectivity index (χ0) is 10.7. The first kappa shape index (κ1) is 10.9. The Kier molecular flexibility index (Phi) is 3.36. The second kappa shape index (κ2) is 4.33. The normalized spacial score (nSPS) is 9.93. The molecule has 3 nitrogen and oxygen atoms in total. The summed E-state index contributed by atoms with van der Waals surface area (Å²) in [5.74, 6) is 0.00878. The highest BCUT2D eigenvalue weighted by Gasteiger charge is 2.11. The quantitative estimate of drug-likeness (QED) is 0.835. The largest absolute Gasteiger partial charge is 0.495 e. The van der Waals surface area contributed by atoms with Crippen molar-refractivity contribution in [3.05, 3.63) is 28.3 Å². The summed E-state index contributed by atoms with van der Waals surface area (Å²) in [6.45, 7) is 1.94. The number of benzene rings is 1. The monoisotopic (exact) mass is 213 g/mol. The Balaban J connectivity index is 3.32. The lowest BCUT2D eigenvalue weighted by molar-refractivity contribution is 0.0999. The van der Waals surface area contributed by atoms with Gasteiger partial charge in [0, 0.05) is 5.56 Å². The minimum Gasteiger partial charge on any atom is -0.495 e. The number of rotatable bonds is 3. The Morgan fingerprint density at radius 3 is 2.64 bits per heavy atom. The predicted octanol–water partition coefficient (Wildman–Crippen LogP) is 2.01. The van der Waals surface area contributed by atoms with Crippen molar-refractivity contribution >= 4 is 17.5 Å². The maximum absolute atomic E-state index is 11.1. The van der Waals surface area contributed by atoms with Crippen LogP contribution in [-0.2, 0) is 6.42 Å². The summed E-state index contributed by atoms with van der Waals surface area (Å²) in [6.07, 6.45) is 0.710. The number of primary amides is 1. The molecule has 0 heterocycles. The van der Waals surface area contributed by atoms with Gasteiger partial charge in [0.15, 0.2) is 0 Å². The molecule has 0 aliphatic carbocycles. The zero-order valence-corrected chi connectivity index (χ0v) is 8.89. The van der Waals surface area contributed by atoms with E-state index in [0.717, 1.165) is 5.56 Å². The number of ether oxygens (including phenoxy) is 1. The molecule has 4 heteroatoms. The minimum absolute atomic E-state index is 0.461. The van der Waals surface area contributed by atoms with Crippen LogP contribution in [0.15, 0.2) is 12.1 Å². The van der Waals surface area contributed by atoms with E-state index in [2.05, 4.69) is 0 Å². The van der Waals surface area contributed by atoms with E-state index in [1.54, 1.807) is 12.1 Å². The molecular formula is C10H12ClNO2. The van der Waals surface area contributed by atoms with Gasteiger partial charge in [-0.3, -0.25) is 4.79 Å². The third-order valence-corrected chi connectivity index (χ3v) is 2.32. The smallest absolute Gasteiger partial charge is 0.249 e. The third kappa shape index (κ3) is 1.99. The number of hydrogen-bond acceptors (Lipinski definition) is 2. The molecule has 0 radical (unpaired) electrons. The Hall–Kier alpha value is -1.22. The highest BCUT2D eigenvalue weighted by Crippen LogP contribution is 2.28. The second-order valence-electron chi connectivity index (χ2n) is 2.86. The summed E-state index contributed by atoms with van der Waals surface area (Å²) in [5, 5.41) is 0.495. The van der Waals surface area contributed by atoms with Gasteiger partial charge in [0.2, 0.25) is 5.91 Å². The van der Waals surface area contributed by atoms with Gasteiger partial charge in [-0.25, -0.2) is 0 Å². The topological polar surface area (TPSA) is 52.3 Å². The van der Waals surface area contributed by atoms with Crippen LogP contribution in [0.2, 0.25) is 5.02 Å². The Labute approximate surface area is 87.8 Å². The fourth-order valence-corrected chi connectivity index (χ4v) is 1.54. The fourth-order valence-electron chi connectivity index (χ4n) is 1.27. The molecular weight excluding hydrogens is 202 g/mol. The molecule has 0 fully saturated rings. The molecule has 0 saturated carbocycles. The highest BCUT2D eigenvalue weighted by atomic mass is 35.5. The van der Waals surface area contributed by atoms with Crippen LogP contribution in [0.3, 0.4) is 0 Å². The lowest BCUT2D eigenvalue weighted by Crippen LogP contribution is -2.13. The first-order chi connectivity index (χ1) is 6.60. The van der Waals surface area contributed by atoms with Crippen molar-refractivity contribution in [2.45, 2.75) is 13.3 Å². The van der Waals surface area contributed by atoms with Crippen molar-refractivity contribution < 1.29 is 9.53 Å². The van der Waals surface area contributed by atoms with Gasteiger partial charge in [-0.15, -0.1) is 0 Å². The number of amides is 1. The molecule has 0 unspecified atom stereocenters. The number of methoxy groups -OCH3 is 1. The van der Waals surface area contributed by atoms with Gasteiger partial charge < -0.3 is 10.5 Å². The number of halogens is 1. The van der Waals surface area contributed by atoms with E-state index in [1.807, 2.05) is 6.92 Å². The molecule has 14 heavy (non-hydrogen) atoms. The molecule has 0 saturated heterocycles. The molecule has 0 aliphatic rings. The van der Waals surface area contributed by atoms with Gasteiger partial charge >= 0.3 is 0 Å². The van der Waals surface area contributed by atoms with E-state index in [4.69, 9.17) is 22.1 Å². The van der Waals surface area contributed by atoms with Crippen molar-refractivity contribution in [3.63, 3.8) is 0 Å². The van der Waals surface area contributed by atoms with Crippen LogP contribution in [0.4, 0.5) is 0 Å². The Morgan fingerprint density at radius 2 is 2.21 bits per heavy atom. The van der Waals surface area contributed by atoms with Crippen molar-refractivity contribution in [1.29, 1.82) is 0 Å². The van der Waals surface area contributed by atoms with Gasteiger partial charge in [0.1, 0.15) is 5.75 Å². The van der Waals surface area contributed by atoms with E-state index in [0.29, 0.717) is 22.8 Å². The molecule has 0 spiro atoms. The number of aryl methyl sites for hydroxylation is 1. The molecule has 0 bridgehead atoms. The first-order valence-corrected chi connectivity index (χ1v) is 4.64. The van der Waals surface area contributed by atoms with Gasteiger partial charge in [0.05, 0.1) is 12.1 Å². The van der Waals surface area contributed by atoms with Crippen LogP contribution in [0, 0.1) is 0 Å². The molecule has 0 aliphatic heterocycles. The molecule has 0 aromatic heterocycles. The summed E-state index contributed by atoms with van der Waals surface area (Å²) in [6, 6.07) is 3.28. The summed E-state index contributed by atoms with van der Waals surface area (Å²) in [7, 11) is 1.50. The molecule has 1 aromatic rings. The van der Waals surface area contributed by atoms with Crippen LogP contribution >= 0.6 is 11.6 Å². The number of carbonyl (C=O) groups is 1. The van der Waals surface area contributed by atoms with E-state index in [1.165, 1.54) is 7.11 Å². The third-order valence-electron chi connectivity index (χ3n) is 2.02. The lowest BCUT2D eigenvalue weighted by Gasteiger charge is -2.09. The van der Waals surface area contributed by atoms with Crippen LogP contribution in [0.1, 0.15) is 22.8 Å². The lowest BCUT2D eigenvalue weighted by atomic mass is 10.0. The van der Waals surface area contributed by atoms with Crippen molar-refractivity contribution in [2.24, 2.45) is 5.73 Å². The van der Waals surface area contributed by atoms with E-state index in [-0.39, 0.29) is 0 Å². The average Bonchev–Trinajstić information content (AvgIpc) is 2.16. The zero-order valence-electron chi connectivity index (χ0n) is 8.13. The molecule has 1 aromatic carbocycles. The maximum Gasteiger partial charge on any atom is 0.249 e. The summed E-state index contributed by atoms with van der Waals surface area (Å²) in [5.41, 5.74) is 6.53. The highest BCUT2D eigenvalue weighted by molar-refractivity contribution is 6.32. The van der Waals surface area contributed by atoms with Crippen molar-refractivity contribution in [3.8, 4) is 5.75 Å². The van der Waals surface area contributed by atoms with Crippen LogP contribution in [-0.4, -0.2) is 13.0 Å². The molecule has 2 N–H and O–H groups in total. The van der Waals surface area contributed by atoms with Gasteiger partial charge in [0.25, 0.3) is 0 Å².